The zero-order valence-corrected chi connectivity index (χ0v) is 14.0. The van der Waals surface area contributed by atoms with Gasteiger partial charge >= 0.3 is 5.97 Å². The van der Waals surface area contributed by atoms with E-state index in [1.165, 1.54) is 0 Å². The van der Waals surface area contributed by atoms with Gasteiger partial charge in [0.1, 0.15) is 0 Å². The van der Waals surface area contributed by atoms with E-state index in [0.717, 1.165) is 22.0 Å². The van der Waals surface area contributed by atoms with Crippen LogP contribution in [-0.4, -0.2) is 21.2 Å². The van der Waals surface area contributed by atoms with Gasteiger partial charge in [-0.2, -0.15) is 0 Å². The molecule has 26 heavy (non-hydrogen) atoms. The number of H-pyrrole nitrogens is 1. The number of rotatable bonds is 6. The molecular formula is C20H17N3O3. The lowest BCUT2D eigenvalue weighted by Gasteiger charge is -2.02. The zero-order chi connectivity index (χ0) is 17.8. The molecule has 2 aromatic heterocycles. The van der Waals surface area contributed by atoms with Crippen molar-refractivity contribution < 1.29 is 13.9 Å². The predicted octanol–water partition coefficient (Wildman–Crippen LogP) is 3.89. The number of fused-ring (bicyclic) bond motifs is 1. The summed E-state index contributed by atoms with van der Waals surface area (Å²) >= 11 is 0. The third-order valence-electron chi connectivity index (χ3n) is 4.12. The van der Waals surface area contributed by atoms with Crippen LogP contribution in [0.15, 0.2) is 65.2 Å². The van der Waals surface area contributed by atoms with Gasteiger partial charge in [-0.05, 0) is 30.2 Å². The monoisotopic (exact) mass is 347 g/mol. The molecule has 0 saturated carbocycles. The number of ether oxygens (including phenoxy) is 1. The molecule has 0 spiro atoms. The number of aromatic amines is 1. The maximum absolute atomic E-state index is 12.0. The number of hydrogen-bond acceptors (Lipinski definition) is 5. The van der Waals surface area contributed by atoms with Gasteiger partial charge in [-0.1, -0.05) is 36.4 Å². The fraction of sp³-hybridized carbons (Fsp3) is 0.150. The minimum atomic E-state index is -0.297. The fourth-order valence-corrected chi connectivity index (χ4v) is 2.80. The Morgan fingerprint density at radius 1 is 1.04 bits per heavy atom. The molecule has 0 aliphatic heterocycles. The highest BCUT2D eigenvalue weighted by Crippen LogP contribution is 2.20. The second-order valence-corrected chi connectivity index (χ2v) is 5.89. The molecule has 130 valence electrons. The third-order valence-corrected chi connectivity index (χ3v) is 4.12. The summed E-state index contributed by atoms with van der Waals surface area (Å²) < 4.78 is 10.8. The molecule has 0 radical (unpaired) electrons. The van der Waals surface area contributed by atoms with Gasteiger partial charge in [-0.15, -0.1) is 10.2 Å². The molecule has 0 atom stereocenters. The van der Waals surface area contributed by atoms with Crippen LogP contribution in [0, 0.1) is 0 Å². The van der Waals surface area contributed by atoms with Crippen LogP contribution in [0.3, 0.4) is 0 Å². The summed E-state index contributed by atoms with van der Waals surface area (Å²) in [4.78, 5) is 15.2. The highest BCUT2D eigenvalue weighted by Gasteiger charge is 2.12. The number of nitrogens with one attached hydrogen (secondary N) is 1. The van der Waals surface area contributed by atoms with Gasteiger partial charge in [-0.3, -0.25) is 4.79 Å². The topological polar surface area (TPSA) is 81.0 Å². The van der Waals surface area contributed by atoms with Crippen molar-refractivity contribution in [1.82, 2.24) is 15.2 Å². The van der Waals surface area contributed by atoms with E-state index in [0.29, 0.717) is 18.7 Å². The third kappa shape index (κ3) is 3.49. The van der Waals surface area contributed by atoms with Crippen LogP contribution in [-0.2, 0) is 22.6 Å². The van der Waals surface area contributed by atoms with E-state index in [1.807, 2.05) is 60.8 Å². The van der Waals surface area contributed by atoms with Crippen molar-refractivity contribution >= 4 is 16.9 Å². The van der Waals surface area contributed by atoms with E-state index in [2.05, 4.69) is 15.2 Å². The number of para-hydroxylation sites is 1. The summed E-state index contributed by atoms with van der Waals surface area (Å²) in [5.41, 5.74) is 2.99. The average Bonchev–Trinajstić information content (AvgIpc) is 3.33. The largest absolute Gasteiger partial charge is 0.456 e. The lowest BCUT2D eigenvalue weighted by Crippen LogP contribution is -2.06. The minimum absolute atomic E-state index is 0.0213. The molecule has 4 rings (SSSR count). The average molecular weight is 347 g/mol. The van der Waals surface area contributed by atoms with E-state index in [4.69, 9.17) is 9.15 Å². The molecule has 0 fully saturated rings. The van der Waals surface area contributed by atoms with Crippen molar-refractivity contribution in [2.24, 2.45) is 0 Å². The lowest BCUT2D eigenvalue weighted by atomic mass is 10.1. The Morgan fingerprint density at radius 3 is 2.73 bits per heavy atom. The highest BCUT2D eigenvalue weighted by atomic mass is 16.5. The Hall–Kier alpha value is -3.41. The SMILES string of the molecule is O=C(CCc1c[nH]c2ccccc12)OCc1nnc(-c2ccccc2)o1. The molecule has 0 unspecified atom stereocenters. The van der Waals surface area contributed by atoms with Gasteiger partial charge in [0, 0.05) is 29.1 Å². The van der Waals surface area contributed by atoms with Gasteiger partial charge < -0.3 is 14.1 Å². The van der Waals surface area contributed by atoms with E-state index in [9.17, 15) is 4.79 Å². The fourth-order valence-electron chi connectivity index (χ4n) is 2.80. The Kier molecular flexibility index (Phi) is 4.47. The van der Waals surface area contributed by atoms with Crippen LogP contribution in [0.4, 0.5) is 0 Å². The number of nitrogens with zero attached hydrogens (tertiary/aromatic N) is 2. The van der Waals surface area contributed by atoms with Crippen molar-refractivity contribution in [2.45, 2.75) is 19.4 Å². The summed E-state index contributed by atoms with van der Waals surface area (Å²) in [6, 6.07) is 17.5. The molecule has 0 aliphatic rings. The second-order valence-electron chi connectivity index (χ2n) is 5.89. The number of aromatic nitrogens is 3. The maximum Gasteiger partial charge on any atom is 0.306 e. The molecule has 6 heteroatoms. The number of carbonyl (C=O) groups excluding carboxylic acids is 1. The van der Waals surface area contributed by atoms with Crippen LogP contribution in [0.1, 0.15) is 17.9 Å². The number of esters is 1. The van der Waals surface area contributed by atoms with Crippen molar-refractivity contribution in [1.29, 1.82) is 0 Å². The lowest BCUT2D eigenvalue weighted by molar-refractivity contribution is -0.145. The molecule has 0 bridgehead atoms. The first-order chi connectivity index (χ1) is 12.8. The molecule has 2 aromatic carbocycles. The maximum atomic E-state index is 12.0. The summed E-state index contributed by atoms with van der Waals surface area (Å²) in [6.45, 7) is -0.0213. The molecule has 1 N–H and O–H groups in total. The minimum Gasteiger partial charge on any atom is -0.456 e. The van der Waals surface area contributed by atoms with Crippen LogP contribution in [0.2, 0.25) is 0 Å². The van der Waals surface area contributed by atoms with Gasteiger partial charge in [0.15, 0.2) is 6.61 Å². The molecular weight excluding hydrogens is 330 g/mol. The van der Waals surface area contributed by atoms with Crippen molar-refractivity contribution in [3.8, 4) is 11.5 Å². The van der Waals surface area contributed by atoms with E-state index < -0.39 is 0 Å². The van der Waals surface area contributed by atoms with Crippen molar-refractivity contribution in [3.05, 3.63) is 72.2 Å². The zero-order valence-electron chi connectivity index (χ0n) is 14.0. The first-order valence-corrected chi connectivity index (χ1v) is 8.38. The number of aryl methyl sites for hydroxylation is 1. The Balaban J connectivity index is 1.31. The summed E-state index contributed by atoms with van der Waals surface area (Å²) in [5.74, 6) is 0.398. The van der Waals surface area contributed by atoms with Crippen LogP contribution in [0.5, 0.6) is 0 Å². The smallest absolute Gasteiger partial charge is 0.306 e. The highest BCUT2D eigenvalue weighted by molar-refractivity contribution is 5.83. The molecule has 6 nitrogen and oxygen atoms in total. The van der Waals surface area contributed by atoms with Crippen molar-refractivity contribution in [3.63, 3.8) is 0 Å². The van der Waals surface area contributed by atoms with Gasteiger partial charge in [-0.25, -0.2) is 0 Å². The van der Waals surface area contributed by atoms with Gasteiger partial charge in [0.2, 0.25) is 5.89 Å². The first-order valence-electron chi connectivity index (χ1n) is 8.38. The van der Waals surface area contributed by atoms with Crippen molar-refractivity contribution in [2.75, 3.05) is 0 Å². The summed E-state index contributed by atoms with van der Waals surface area (Å²) in [5, 5.41) is 9.02. The van der Waals surface area contributed by atoms with E-state index in [1.54, 1.807) is 0 Å². The Bertz CT molecular complexity index is 1020. The summed E-state index contributed by atoms with van der Waals surface area (Å²) in [7, 11) is 0. The molecule has 0 saturated heterocycles. The first kappa shape index (κ1) is 16.1. The Morgan fingerprint density at radius 2 is 1.85 bits per heavy atom. The van der Waals surface area contributed by atoms with Crippen LogP contribution in [0.25, 0.3) is 22.4 Å². The molecule has 0 amide bonds. The predicted molar refractivity (Wildman–Crippen MR) is 96.1 cm³/mol. The van der Waals surface area contributed by atoms with Gasteiger partial charge in [0.25, 0.3) is 5.89 Å². The van der Waals surface area contributed by atoms with Crippen LogP contribution >= 0.6 is 0 Å². The van der Waals surface area contributed by atoms with Crippen LogP contribution < -0.4 is 0 Å². The number of carbonyl (C=O) groups is 1. The normalized spacial score (nSPS) is 10.9. The molecule has 0 aliphatic carbocycles. The van der Waals surface area contributed by atoms with E-state index >= 15 is 0 Å². The summed E-state index contributed by atoms with van der Waals surface area (Å²) in [6.07, 6.45) is 2.84. The standard InChI is InChI=1S/C20H17N3O3/c24-19(11-10-15-12-21-17-9-5-4-8-16(15)17)25-13-18-22-23-20(26-18)14-6-2-1-3-7-14/h1-9,12,21H,10-11,13H2. The quantitative estimate of drug-likeness (QED) is 0.535. The Labute approximate surface area is 149 Å². The number of benzene rings is 2. The van der Waals surface area contributed by atoms with Gasteiger partial charge in [0.05, 0.1) is 0 Å². The van der Waals surface area contributed by atoms with E-state index in [-0.39, 0.29) is 18.5 Å². The second kappa shape index (κ2) is 7.23. The molecule has 4 aromatic rings. The number of hydrogen-bond donors (Lipinski definition) is 1. The molecule has 2 heterocycles.